The fraction of sp³-hybridized carbons (Fsp3) is 0.750. The average Bonchev–Trinajstić information content (AvgIpc) is 2.54. The van der Waals surface area contributed by atoms with E-state index in [1.807, 2.05) is 10.2 Å². The van der Waals surface area contributed by atoms with E-state index in [1.54, 1.807) is 6.92 Å². The second-order valence-electron chi connectivity index (χ2n) is 8.67. The molecule has 0 aromatic carbocycles. The summed E-state index contributed by atoms with van der Waals surface area (Å²) in [4.78, 5) is 11.8. The first-order valence-corrected chi connectivity index (χ1v) is 13.4. The second-order valence-corrected chi connectivity index (χ2v) is 14.1. The van der Waals surface area contributed by atoms with E-state index in [2.05, 4.69) is 69.5 Å². The minimum atomic E-state index is -1.88. The molecule has 26 heavy (non-hydrogen) atoms. The van der Waals surface area contributed by atoms with Crippen LogP contribution in [0.15, 0.2) is 21.8 Å². The number of carbonyl (C=O) groups is 1. The van der Waals surface area contributed by atoms with E-state index in [1.165, 1.54) is 7.11 Å². The lowest BCUT2D eigenvalue weighted by Crippen LogP contribution is -2.51. The van der Waals surface area contributed by atoms with Crippen molar-refractivity contribution in [2.45, 2.75) is 83.9 Å². The number of carbonyl (C=O) groups excluding carboxylic acids is 1. The zero-order valence-corrected chi connectivity index (χ0v) is 20.6. The van der Waals surface area contributed by atoms with Crippen molar-refractivity contribution in [1.29, 1.82) is 0 Å². The summed E-state index contributed by atoms with van der Waals surface area (Å²) < 4.78 is 19.9. The van der Waals surface area contributed by atoms with Gasteiger partial charge in [-0.2, -0.15) is 0 Å². The Balaban J connectivity index is 3.06. The summed E-state index contributed by atoms with van der Waals surface area (Å²) in [6.07, 6.45) is 5.84. The van der Waals surface area contributed by atoms with Crippen LogP contribution in [0.4, 0.5) is 0 Å². The van der Waals surface area contributed by atoms with Crippen LogP contribution in [0.5, 0.6) is 0 Å². The molecule has 0 bridgehead atoms. The number of hydrogen-bond acceptors (Lipinski definition) is 4. The molecule has 0 N–H and O–H groups in total. The lowest BCUT2D eigenvalue weighted by molar-refractivity contribution is -0.136. The molecule has 4 atom stereocenters. The van der Waals surface area contributed by atoms with E-state index in [0.29, 0.717) is 5.57 Å². The fourth-order valence-corrected chi connectivity index (χ4v) is 4.53. The van der Waals surface area contributed by atoms with Gasteiger partial charge in [0.05, 0.1) is 25.4 Å². The van der Waals surface area contributed by atoms with Gasteiger partial charge >= 0.3 is 5.97 Å². The quantitative estimate of drug-likeness (QED) is 0.208. The molecule has 1 rings (SSSR count). The standard InChI is InChI=1S/C20H35IO4Si/c1-14(19(22)23-6)12-17-15(2)18(13-16(24-17)10-9-11-21)25-26(7,8)20(3,4)5/h9,11-12,15-18H,10,13H2,1-8H3/b11-9+,14-12-/t15-,16-,17+,18-/m0/s1. The minimum Gasteiger partial charge on any atom is -0.466 e. The van der Waals surface area contributed by atoms with Crippen LogP contribution < -0.4 is 0 Å². The molecule has 1 heterocycles. The molecule has 0 aromatic heterocycles. The number of methoxy groups -OCH3 is 1. The first-order chi connectivity index (χ1) is 11.9. The Kier molecular flexibility index (Phi) is 9.03. The maximum absolute atomic E-state index is 11.8. The van der Waals surface area contributed by atoms with Gasteiger partial charge in [-0.1, -0.05) is 56.4 Å². The zero-order chi connectivity index (χ0) is 20.1. The third-order valence-corrected chi connectivity index (χ3v) is 10.6. The van der Waals surface area contributed by atoms with Gasteiger partial charge in [0, 0.05) is 11.5 Å². The first kappa shape index (κ1) is 23.9. The van der Waals surface area contributed by atoms with Gasteiger partial charge in [-0.15, -0.1) is 0 Å². The van der Waals surface area contributed by atoms with Crippen molar-refractivity contribution in [3.8, 4) is 0 Å². The molecule has 1 fully saturated rings. The summed E-state index contributed by atoms with van der Waals surface area (Å²) in [6.45, 7) is 15.3. The molecular formula is C20H35IO4Si. The van der Waals surface area contributed by atoms with Gasteiger partial charge in [0.15, 0.2) is 8.32 Å². The minimum absolute atomic E-state index is 0.0960. The Morgan fingerprint density at radius 1 is 1.35 bits per heavy atom. The summed E-state index contributed by atoms with van der Waals surface area (Å²) in [7, 11) is -0.476. The summed E-state index contributed by atoms with van der Waals surface area (Å²) in [5.74, 6) is -0.125. The highest BCUT2D eigenvalue weighted by Crippen LogP contribution is 2.41. The maximum atomic E-state index is 11.8. The molecule has 0 aromatic rings. The average molecular weight is 494 g/mol. The Hall–Kier alpha value is -0.183. The molecule has 1 aliphatic rings. The molecule has 4 nitrogen and oxygen atoms in total. The third kappa shape index (κ3) is 6.46. The van der Waals surface area contributed by atoms with Gasteiger partial charge in [-0.05, 0) is 48.1 Å². The highest BCUT2D eigenvalue weighted by molar-refractivity contribution is 14.1. The van der Waals surface area contributed by atoms with Gasteiger partial charge in [0.2, 0.25) is 0 Å². The maximum Gasteiger partial charge on any atom is 0.333 e. The van der Waals surface area contributed by atoms with Crippen molar-refractivity contribution >= 4 is 36.9 Å². The highest BCUT2D eigenvalue weighted by Gasteiger charge is 2.43. The van der Waals surface area contributed by atoms with Crippen LogP contribution in [0.25, 0.3) is 0 Å². The van der Waals surface area contributed by atoms with Gasteiger partial charge in [0.1, 0.15) is 0 Å². The van der Waals surface area contributed by atoms with E-state index in [-0.39, 0.29) is 35.2 Å². The molecule has 0 aliphatic carbocycles. The van der Waals surface area contributed by atoms with E-state index in [0.717, 1.165) is 12.8 Å². The molecule has 1 aliphatic heterocycles. The van der Waals surface area contributed by atoms with Crippen molar-refractivity contribution in [2.24, 2.45) is 5.92 Å². The number of esters is 1. The lowest BCUT2D eigenvalue weighted by Gasteiger charge is -2.46. The van der Waals surface area contributed by atoms with E-state index in [4.69, 9.17) is 13.9 Å². The summed E-state index contributed by atoms with van der Waals surface area (Å²) >= 11 is 2.23. The molecule has 0 amide bonds. The Morgan fingerprint density at radius 2 is 1.96 bits per heavy atom. The van der Waals surface area contributed by atoms with Crippen LogP contribution >= 0.6 is 22.6 Å². The van der Waals surface area contributed by atoms with Crippen LogP contribution in [-0.4, -0.2) is 39.7 Å². The van der Waals surface area contributed by atoms with Crippen molar-refractivity contribution in [2.75, 3.05) is 7.11 Å². The predicted molar refractivity (Wildman–Crippen MR) is 118 cm³/mol. The molecule has 1 saturated heterocycles. The van der Waals surface area contributed by atoms with E-state index < -0.39 is 8.32 Å². The van der Waals surface area contributed by atoms with Gasteiger partial charge in [-0.3, -0.25) is 0 Å². The van der Waals surface area contributed by atoms with Crippen molar-refractivity contribution < 1.29 is 18.7 Å². The number of rotatable bonds is 6. The van der Waals surface area contributed by atoms with E-state index >= 15 is 0 Å². The smallest absolute Gasteiger partial charge is 0.333 e. The van der Waals surface area contributed by atoms with Gasteiger partial charge in [0.25, 0.3) is 0 Å². The van der Waals surface area contributed by atoms with Crippen molar-refractivity contribution in [3.63, 3.8) is 0 Å². The lowest BCUT2D eigenvalue weighted by atomic mass is 9.88. The summed E-state index contributed by atoms with van der Waals surface area (Å²) in [5.41, 5.74) is 0.584. The molecule has 0 saturated carbocycles. The normalized spacial score (nSPS) is 28.4. The predicted octanol–water partition coefficient (Wildman–Crippen LogP) is 5.63. The largest absolute Gasteiger partial charge is 0.466 e. The monoisotopic (exact) mass is 494 g/mol. The zero-order valence-electron chi connectivity index (χ0n) is 17.5. The summed E-state index contributed by atoms with van der Waals surface area (Å²) in [6, 6.07) is 0. The van der Waals surface area contributed by atoms with Crippen LogP contribution in [0.1, 0.15) is 47.5 Å². The number of ether oxygens (including phenoxy) is 2. The third-order valence-electron chi connectivity index (χ3n) is 5.61. The topological polar surface area (TPSA) is 44.8 Å². The first-order valence-electron chi connectivity index (χ1n) is 9.28. The van der Waals surface area contributed by atoms with E-state index in [9.17, 15) is 4.79 Å². The van der Waals surface area contributed by atoms with Crippen LogP contribution in [0.2, 0.25) is 18.1 Å². The van der Waals surface area contributed by atoms with Crippen LogP contribution in [0, 0.1) is 5.92 Å². The SMILES string of the molecule is COC(=O)/C(C)=C\[C@H]1O[C@@H](C/C=C/I)C[C@H](O[Si](C)(C)C(C)(C)C)[C@H]1C. The Morgan fingerprint density at radius 3 is 2.46 bits per heavy atom. The van der Waals surface area contributed by atoms with Crippen LogP contribution in [0.3, 0.4) is 0 Å². The van der Waals surface area contributed by atoms with Gasteiger partial charge in [-0.25, -0.2) is 4.79 Å². The molecule has 0 spiro atoms. The Labute approximate surface area is 174 Å². The second kappa shape index (κ2) is 9.84. The molecule has 0 unspecified atom stereocenters. The highest BCUT2D eigenvalue weighted by atomic mass is 127. The van der Waals surface area contributed by atoms with Crippen molar-refractivity contribution in [3.05, 3.63) is 21.8 Å². The number of hydrogen-bond donors (Lipinski definition) is 0. The van der Waals surface area contributed by atoms with Crippen molar-refractivity contribution in [1.82, 2.24) is 0 Å². The van der Waals surface area contributed by atoms with Crippen LogP contribution in [-0.2, 0) is 18.7 Å². The molecule has 6 heteroatoms. The molecule has 0 radical (unpaired) electrons. The summed E-state index contributed by atoms with van der Waals surface area (Å²) in [5, 5.41) is 0.163. The number of halogens is 1. The molecular weight excluding hydrogens is 459 g/mol. The molecule has 150 valence electrons. The fourth-order valence-electron chi connectivity index (χ4n) is 2.82. The van der Waals surface area contributed by atoms with Gasteiger partial charge < -0.3 is 13.9 Å². The Bertz CT molecular complexity index is 536.